The summed E-state index contributed by atoms with van der Waals surface area (Å²) in [5.41, 5.74) is 0.729. The molecule has 104 valence electrons. The van der Waals surface area contributed by atoms with Crippen LogP contribution in [0.5, 0.6) is 5.75 Å². The number of ether oxygens (including phenoxy) is 2. The average molecular weight is 265 g/mol. The first-order valence-corrected chi connectivity index (χ1v) is 6.14. The van der Waals surface area contributed by atoms with Crippen LogP contribution in [-0.2, 0) is 14.3 Å². The summed E-state index contributed by atoms with van der Waals surface area (Å²) in [5.74, 6) is -0.180. The van der Waals surface area contributed by atoms with Gasteiger partial charge in [-0.05, 0) is 31.2 Å². The number of carbonyl (C=O) groups is 2. The first-order valence-electron chi connectivity index (χ1n) is 6.14. The second kappa shape index (κ2) is 7.41. The number of hydrogen-bond donors (Lipinski definition) is 1. The molecular formula is C14H19NO4. The van der Waals surface area contributed by atoms with Crippen LogP contribution in [-0.4, -0.2) is 32.0 Å². The van der Waals surface area contributed by atoms with E-state index < -0.39 is 17.9 Å². The van der Waals surface area contributed by atoms with Crippen LogP contribution in [0.1, 0.15) is 13.8 Å². The lowest BCUT2D eigenvalue weighted by Gasteiger charge is -2.20. The lowest BCUT2D eigenvalue weighted by Crippen LogP contribution is -2.37. The van der Waals surface area contributed by atoms with E-state index in [-0.39, 0.29) is 6.61 Å². The summed E-state index contributed by atoms with van der Waals surface area (Å²) in [6, 6.07) is 6.42. The minimum Gasteiger partial charge on any atom is -0.497 e. The molecule has 0 bridgehead atoms. The van der Waals surface area contributed by atoms with Crippen molar-refractivity contribution in [2.75, 3.05) is 19.0 Å². The zero-order valence-corrected chi connectivity index (χ0v) is 11.4. The van der Waals surface area contributed by atoms with Crippen LogP contribution >= 0.6 is 0 Å². The molecule has 0 aliphatic carbocycles. The highest BCUT2D eigenvalue weighted by molar-refractivity contribution is 5.83. The third kappa shape index (κ3) is 4.28. The molecule has 2 atom stereocenters. The summed E-state index contributed by atoms with van der Waals surface area (Å²) in [4.78, 5) is 22.7. The van der Waals surface area contributed by atoms with Gasteiger partial charge < -0.3 is 19.6 Å². The van der Waals surface area contributed by atoms with Crippen molar-refractivity contribution in [1.82, 2.24) is 0 Å². The minimum absolute atomic E-state index is 0.283. The number of carbonyl (C=O) groups excluding carboxylic acids is 2. The highest BCUT2D eigenvalue weighted by Gasteiger charge is 2.25. The Kier molecular flexibility index (Phi) is 5.85. The van der Waals surface area contributed by atoms with Crippen molar-refractivity contribution in [3.05, 3.63) is 24.3 Å². The van der Waals surface area contributed by atoms with E-state index in [0.717, 1.165) is 17.7 Å². The van der Waals surface area contributed by atoms with Gasteiger partial charge >= 0.3 is 5.97 Å². The van der Waals surface area contributed by atoms with Crippen LogP contribution in [0, 0.1) is 5.92 Å². The van der Waals surface area contributed by atoms with Gasteiger partial charge in [-0.1, -0.05) is 6.92 Å². The molecule has 1 rings (SSSR count). The first kappa shape index (κ1) is 15.0. The molecule has 0 saturated carbocycles. The van der Waals surface area contributed by atoms with Crippen LogP contribution in [0.2, 0.25) is 0 Å². The van der Waals surface area contributed by atoms with Gasteiger partial charge in [0.15, 0.2) is 0 Å². The number of nitrogens with one attached hydrogen (secondary N) is 1. The molecule has 0 radical (unpaired) electrons. The summed E-state index contributed by atoms with van der Waals surface area (Å²) in [6.07, 6.45) is 0.734. The smallest absolute Gasteiger partial charge is 0.329 e. The largest absolute Gasteiger partial charge is 0.497 e. The van der Waals surface area contributed by atoms with Crippen LogP contribution in [0.15, 0.2) is 24.3 Å². The fourth-order valence-corrected chi connectivity index (χ4v) is 1.58. The molecule has 1 aromatic rings. The number of esters is 1. The maximum atomic E-state index is 11.8. The topological polar surface area (TPSA) is 64.6 Å². The number of benzene rings is 1. The Morgan fingerprint density at radius 2 is 2.00 bits per heavy atom. The molecule has 0 heterocycles. The van der Waals surface area contributed by atoms with Crippen LogP contribution in [0.3, 0.4) is 0 Å². The van der Waals surface area contributed by atoms with Crippen molar-refractivity contribution < 1.29 is 19.1 Å². The average Bonchev–Trinajstić information content (AvgIpc) is 2.44. The second-order valence-corrected chi connectivity index (χ2v) is 4.10. The third-order valence-electron chi connectivity index (χ3n) is 2.69. The van der Waals surface area contributed by atoms with Crippen molar-refractivity contribution in [1.29, 1.82) is 0 Å². The van der Waals surface area contributed by atoms with Gasteiger partial charge in [-0.15, -0.1) is 0 Å². The van der Waals surface area contributed by atoms with Crippen molar-refractivity contribution in [2.24, 2.45) is 5.92 Å². The first-order chi connectivity index (χ1) is 9.12. The molecule has 0 aromatic heterocycles. The maximum Gasteiger partial charge on any atom is 0.329 e. The Labute approximate surface area is 112 Å². The van der Waals surface area contributed by atoms with Gasteiger partial charge in [0.1, 0.15) is 18.1 Å². The molecular weight excluding hydrogens is 246 g/mol. The number of methoxy groups -OCH3 is 1. The lowest BCUT2D eigenvalue weighted by atomic mass is 10.0. The molecule has 0 spiro atoms. The molecule has 0 saturated heterocycles. The minimum atomic E-state index is -0.689. The molecule has 1 N–H and O–H groups in total. The van der Waals surface area contributed by atoms with E-state index in [4.69, 9.17) is 9.47 Å². The van der Waals surface area contributed by atoms with E-state index in [9.17, 15) is 9.59 Å². The molecule has 5 nitrogen and oxygen atoms in total. The second-order valence-electron chi connectivity index (χ2n) is 4.10. The van der Waals surface area contributed by atoms with Gasteiger partial charge in [0.25, 0.3) is 0 Å². The van der Waals surface area contributed by atoms with Crippen molar-refractivity contribution in [3.63, 3.8) is 0 Å². The van der Waals surface area contributed by atoms with E-state index in [2.05, 4.69) is 5.32 Å². The summed E-state index contributed by atoms with van der Waals surface area (Å²) in [7, 11) is 1.58. The predicted octanol–water partition coefficient (Wildman–Crippen LogP) is 1.87. The Bertz CT molecular complexity index is 416. The number of aldehydes is 1. The van der Waals surface area contributed by atoms with Gasteiger partial charge in [0.2, 0.25) is 0 Å². The predicted molar refractivity (Wildman–Crippen MR) is 72.3 cm³/mol. The normalized spacial score (nSPS) is 13.2. The quantitative estimate of drug-likeness (QED) is 0.602. The van der Waals surface area contributed by atoms with E-state index in [0.29, 0.717) is 0 Å². The zero-order chi connectivity index (χ0) is 14.3. The lowest BCUT2D eigenvalue weighted by molar-refractivity contribution is -0.146. The SMILES string of the molecule is CCOC(=O)C(Nc1ccc(OC)cc1)[C@@H](C)C=O. The number of hydrogen-bond acceptors (Lipinski definition) is 5. The summed E-state index contributed by atoms with van der Waals surface area (Å²) < 4.78 is 10.0. The van der Waals surface area contributed by atoms with E-state index in [1.54, 1.807) is 45.2 Å². The fourth-order valence-electron chi connectivity index (χ4n) is 1.58. The molecule has 0 amide bonds. The standard InChI is InChI=1S/C14H19NO4/c1-4-19-14(17)13(10(2)9-16)15-11-5-7-12(18-3)8-6-11/h5-10,13,15H,4H2,1-3H3/t10-,13?/m0/s1. The maximum absolute atomic E-state index is 11.8. The number of anilines is 1. The summed E-state index contributed by atoms with van der Waals surface area (Å²) in [6.45, 7) is 3.68. The zero-order valence-electron chi connectivity index (χ0n) is 11.4. The van der Waals surface area contributed by atoms with E-state index >= 15 is 0 Å². The van der Waals surface area contributed by atoms with Gasteiger partial charge in [0.05, 0.1) is 13.7 Å². The van der Waals surface area contributed by atoms with Crippen molar-refractivity contribution in [3.8, 4) is 5.75 Å². The van der Waals surface area contributed by atoms with Crippen LogP contribution < -0.4 is 10.1 Å². The Balaban J connectivity index is 2.80. The Morgan fingerprint density at radius 3 is 2.47 bits per heavy atom. The van der Waals surface area contributed by atoms with E-state index in [1.807, 2.05) is 0 Å². The Morgan fingerprint density at radius 1 is 1.37 bits per heavy atom. The third-order valence-corrected chi connectivity index (χ3v) is 2.69. The van der Waals surface area contributed by atoms with Gasteiger partial charge in [-0.25, -0.2) is 4.79 Å². The molecule has 19 heavy (non-hydrogen) atoms. The Hall–Kier alpha value is -2.04. The molecule has 1 unspecified atom stereocenters. The van der Waals surface area contributed by atoms with Gasteiger partial charge in [-0.3, -0.25) is 0 Å². The fraction of sp³-hybridized carbons (Fsp3) is 0.429. The van der Waals surface area contributed by atoms with Crippen LogP contribution in [0.4, 0.5) is 5.69 Å². The van der Waals surface area contributed by atoms with Gasteiger partial charge in [-0.2, -0.15) is 0 Å². The summed E-state index contributed by atoms with van der Waals surface area (Å²) >= 11 is 0. The summed E-state index contributed by atoms with van der Waals surface area (Å²) in [5, 5.41) is 3.00. The number of rotatable bonds is 7. The monoisotopic (exact) mass is 265 g/mol. The molecule has 1 aromatic carbocycles. The molecule has 0 aliphatic rings. The van der Waals surface area contributed by atoms with E-state index in [1.165, 1.54) is 0 Å². The van der Waals surface area contributed by atoms with Gasteiger partial charge in [0, 0.05) is 11.6 Å². The molecule has 0 aliphatic heterocycles. The van der Waals surface area contributed by atoms with Crippen molar-refractivity contribution >= 4 is 17.9 Å². The molecule has 0 fully saturated rings. The van der Waals surface area contributed by atoms with Crippen molar-refractivity contribution in [2.45, 2.75) is 19.9 Å². The van der Waals surface area contributed by atoms with Crippen LogP contribution in [0.25, 0.3) is 0 Å². The molecule has 5 heteroatoms. The highest BCUT2D eigenvalue weighted by Crippen LogP contribution is 2.18. The highest BCUT2D eigenvalue weighted by atomic mass is 16.5.